The number of hydrogen-bond donors (Lipinski definition) is 1. The molecule has 0 bridgehead atoms. The van der Waals surface area contributed by atoms with E-state index in [1.807, 2.05) is 0 Å². The molecule has 2 aromatic carbocycles. The molecule has 0 saturated carbocycles. The van der Waals surface area contributed by atoms with E-state index < -0.39 is 34.6 Å². The summed E-state index contributed by atoms with van der Waals surface area (Å²) in [5.41, 5.74) is -0.000132. The van der Waals surface area contributed by atoms with Crippen molar-refractivity contribution in [3.05, 3.63) is 87.7 Å². The summed E-state index contributed by atoms with van der Waals surface area (Å²) in [5.74, 6) is -4.01. The maximum atomic E-state index is 13.8. The summed E-state index contributed by atoms with van der Waals surface area (Å²) in [4.78, 5) is 36.1. The fourth-order valence-corrected chi connectivity index (χ4v) is 2.93. The zero-order valence-electron chi connectivity index (χ0n) is 15.9. The average molecular weight is 413 g/mol. The van der Waals surface area contributed by atoms with Gasteiger partial charge in [-0.3, -0.25) is 9.59 Å². The lowest BCUT2D eigenvalue weighted by molar-refractivity contribution is -0.151. The molecule has 0 aliphatic rings. The van der Waals surface area contributed by atoms with E-state index in [4.69, 9.17) is 0 Å². The van der Waals surface area contributed by atoms with Gasteiger partial charge in [-0.2, -0.15) is 0 Å². The Kier molecular flexibility index (Phi) is 6.06. The Morgan fingerprint density at radius 1 is 1.10 bits per heavy atom. The molecule has 0 fully saturated rings. The SMILES string of the molecule is CCOC(=O)C(=O)C=C(O)c1cn(Cc2ccc(F)cc2)c2cc(F)ccc2c1=O. The monoisotopic (exact) mass is 413 g/mol. The van der Waals surface area contributed by atoms with Gasteiger partial charge in [0.2, 0.25) is 0 Å². The Labute approximate surface area is 169 Å². The van der Waals surface area contributed by atoms with Crippen molar-refractivity contribution in [2.24, 2.45) is 0 Å². The van der Waals surface area contributed by atoms with Crippen molar-refractivity contribution in [1.29, 1.82) is 0 Å². The van der Waals surface area contributed by atoms with Crippen LogP contribution in [-0.2, 0) is 20.9 Å². The van der Waals surface area contributed by atoms with Crippen molar-refractivity contribution in [2.45, 2.75) is 13.5 Å². The van der Waals surface area contributed by atoms with Gasteiger partial charge in [0, 0.05) is 24.2 Å². The average Bonchev–Trinajstić information content (AvgIpc) is 2.71. The number of halogens is 2. The number of carbonyl (C=O) groups is 2. The number of aromatic nitrogens is 1. The standard InChI is InChI=1S/C22H17F2NO5/c1-2-30-22(29)20(27)10-19(26)17-12-25(11-13-3-5-14(23)6-4-13)18-9-15(24)7-8-16(18)21(17)28/h3-10,12,26H,2,11H2,1H3. The van der Waals surface area contributed by atoms with E-state index in [1.165, 1.54) is 48.0 Å². The number of fused-ring (bicyclic) bond motifs is 1. The first-order chi connectivity index (χ1) is 14.3. The molecule has 1 aromatic heterocycles. The van der Waals surface area contributed by atoms with Crippen LogP contribution in [0.15, 0.2) is 59.5 Å². The third-order valence-corrected chi connectivity index (χ3v) is 4.33. The van der Waals surface area contributed by atoms with Crippen LogP contribution in [-0.4, -0.2) is 28.0 Å². The number of carbonyl (C=O) groups excluding carboxylic acids is 2. The van der Waals surface area contributed by atoms with Crippen LogP contribution in [0.1, 0.15) is 18.1 Å². The minimum Gasteiger partial charge on any atom is -0.507 e. The Hall–Kier alpha value is -3.81. The number of aliphatic hydroxyl groups excluding tert-OH is 1. The van der Waals surface area contributed by atoms with Crippen LogP contribution in [0, 0.1) is 11.6 Å². The van der Waals surface area contributed by atoms with Crippen molar-refractivity contribution >= 4 is 28.4 Å². The molecule has 0 radical (unpaired) electrons. The molecule has 0 aliphatic carbocycles. The number of hydrogen-bond acceptors (Lipinski definition) is 5. The molecule has 0 amide bonds. The molecule has 0 atom stereocenters. The first-order valence-corrected chi connectivity index (χ1v) is 8.99. The summed E-state index contributed by atoms with van der Waals surface area (Å²) < 4.78 is 33.1. The number of ketones is 1. The third kappa shape index (κ3) is 4.43. The smallest absolute Gasteiger partial charge is 0.379 e. The van der Waals surface area contributed by atoms with Crippen LogP contribution in [0.2, 0.25) is 0 Å². The zero-order valence-corrected chi connectivity index (χ0v) is 15.9. The number of benzene rings is 2. The summed E-state index contributed by atoms with van der Waals surface area (Å²) in [6.07, 6.45) is 1.85. The molecule has 1 N–H and O–H groups in total. The Balaban J connectivity index is 2.13. The predicted molar refractivity (Wildman–Crippen MR) is 106 cm³/mol. The Bertz CT molecular complexity index is 1210. The summed E-state index contributed by atoms with van der Waals surface area (Å²) >= 11 is 0. The van der Waals surface area contributed by atoms with E-state index in [9.17, 15) is 28.3 Å². The highest BCUT2D eigenvalue weighted by molar-refractivity contribution is 6.39. The van der Waals surface area contributed by atoms with Crippen molar-refractivity contribution in [3.63, 3.8) is 0 Å². The highest BCUT2D eigenvalue weighted by atomic mass is 19.1. The lowest BCUT2D eigenvalue weighted by atomic mass is 10.1. The molecule has 0 aliphatic heterocycles. The zero-order chi connectivity index (χ0) is 21.8. The fraction of sp³-hybridized carbons (Fsp3) is 0.136. The summed E-state index contributed by atoms with van der Waals surface area (Å²) in [7, 11) is 0. The van der Waals surface area contributed by atoms with Gasteiger partial charge in [-0.25, -0.2) is 13.6 Å². The maximum absolute atomic E-state index is 13.8. The van der Waals surface area contributed by atoms with Crippen LogP contribution in [0.3, 0.4) is 0 Å². The van der Waals surface area contributed by atoms with Crippen molar-refractivity contribution in [2.75, 3.05) is 6.61 Å². The summed E-state index contributed by atoms with van der Waals surface area (Å²) in [6.45, 7) is 1.63. The number of esters is 1. The molecular formula is C22H17F2NO5. The van der Waals surface area contributed by atoms with E-state index in [0.29, 0.717) is 11.6 Å². The summed E-state index contributed by atoms with van der Waals surface area (Å²) in [5, 5.41) is 10.4. The Morgan fingerprint density at radius 2 is 1.77 bits per heavy atom. The first-order valence-electron chi connectivity index (χ1n) is 8.99. The number of nitrogens with zero attached hydrogens (tertiary/aromatic N) is 1. The van der Waals surface area contributed by atoms with Gasteiger partial charge in [0.05, 0.1) is 17.7 Å². The van der Waals surface area contributed by atoms with Gasteiger partial charge in [-0.05, 0) is 42.8 Å². The highest BCUT2D eigenvalue weighted by Crippen LogP contribution is 2.19. The second-order valence-corrected chi connectivity index (χ2v) is 6.40. The van der Waals surface area contributed by atoms with Gasteiger partial charge in [-0.1, -0.05) is 12.1 Å². The van der Waals surface area contributed by atoms with E-state index in [1.54, 1.807) is 0 Å². The molecule has 0 saturated heterocycles. The van der Waals surface area contributed by atoms with Gasteiger partial charge in [0.15, 0.2) is 5.43 Å². The lowest BCUT2D eigenvalue weighted by Crippen LogP contribution is -2.18. The number of ether oxygens (including phenoxy) is 1. The molecule has 3 rings (SSSR count). The van der Waals surface area contributed by atoms with Crippen LogP contribution >= 0.6 is 0 Å². The third-order valence-electron chi connectivity index (χ3n) is 4.33. The van der Waals surface area contributed by atoms with Gasteiger partial charge in [-0.15, -0.1) is 0 Å². The van der Waals surface area contributed by atoms with E-state index >= 15 is 0 Å². The van der Waals surface area contributed by atoms with E-state index in [2.05, 4.69) is 4.74 Å². The van der Waals surface area contributed by atoms with Crippen molar-refractivity contribution in [3.8, 4) is 0 Å². The Morgan fingerprint density at radius 3 is 2.43 bits per heavy atom. The van der Waals surface area contributed by atoms with Crippen LogP contribution in [0.25, 0.3) is 16.7 Å². The predicted octanol–water partition coefficient (Wildman–Crippen LogP) is 3.36. The topological polar surface area (TPSA) is 85.6 Å². The number of rotatable bonds is 6. The lowest BCUT2D eigenvalue weighted by Gasteiger charge is -2.14. The fourth-order valence-electron chi connectivity index (χ4n) is 2.93. The second kappa shape index (κ2) is 8.69. The van der Waals surface area contributed by atoms with Gasteiger partial charge in [0.25, 0.3) is 5.78 Å². The largest absolute Gasteiger partial charge is 0.507 e. The van der Waals surface area contributed by atoms with Gasteiger partial charge in [0.1, 0.15) is 17.4 Å². The summed E-state index contributed by atoms with van der Waals surface area (Å²) in [6, 6.07) is 9.09. The van der Waals surface area contributed by atoms with Crippen molar-refractivity contribution < 1.29 is 28.2 Å². The first kappa shape index (κ1) is 20.9. The molecule has 0 unspecified atom stereocenters. The normalized spacial score (nSPS) is 11.5. The number of aliphatic hydroxyl groups is 1. The molecule has 0 spiro atoms. The van der Waals surface area contributed by atoms with Crippen LogP contribution in [0.5, 0.6) is 0 Å². The van der Waals surface area contributed by atoms with Crippen LogP contribution in [0.4, 0.5) is 8.78 Å². The minimum atomic E-state index is -1.17. The molecule has 154 valence electrons. The van der Waals surface area contributed by atoms with Crippen molar-refractivity contribution in [1.82, 2.24) is 4.57 Å². The molecule has 3 aromatic rings. The van der Waals surface area contributed by atoms with Gasteiger partial charge >= 0.3 is 5.97 Å². The quantitative estimate of drug-likeness (QED) is 0.290. The highest BCUT2D eigenvalue weighted by Gasteiger charge is 2.18. The van der Waals surface area contributed by atoms with Gasteiger partial charge < -0.3 is 14.4 Å². The molecule has 8 heteroatoms. The molecular weight excluding hydrogens is 396 g/mol. The molecule has 6 nitrogen and oxygen atoms in total. The molecule has 1 heterocycles. The molecule has 30 heavy (non-hydrogen) atoms. The maximum Gasteiger partial charge on any atom is 0.379 e. The minimum absolute atomic E-state index is 0.0226. The van der Waals surface area contributed by atoms with E-state index in [0.717, 1.165) is 12.1 Å². The van der Waals surface area contributed by atoms with E-state index in [-0.39, 0.29) is 29.6 Å². The van der Waals surface area contributed by atoms with Crippen LogP contribution < -0.4 is 5.43 Å². The second-order valence-electron chi connectivity index (χ2n) is 6.40. The number of pyridine rings is 1.